The second kappa shape index (κ2) is 5.52. The Morgan fingerprint density at radius 1 is 1.41 bits per heavy atom. The van der Waals surface area contributed by atoms with Crippen molar-refractivity contribution in [1.82, 2.24) is 5.32 Å². The van der Waals surface area contributed by atoms with Gasteiger partial charge in [0.2, 0.25) is 0 Å². The van der Waals surface area contributed by atoms with Crippen molar-refractivity contribution in [3.63, 3.8) is 0 Å². The van der Waals surface area contributed by atoms with Crippen molar-refractivity contribution in [2.75, 3.05) is 6.54 Å². The Labute approximate surface area is 107 Å². The summed E-state index contributed by atoms with van der Waals surface area (Å²) in [5, 5.41) is 5.77. The molecule has 0 radical (unpaired) electrons. The van der Waals surface area contributed by atoms with Crippen LogP contribution >= 0.6 is 11.3 Å². The zero-order chi connectivity index (χ0) is 12.3. The van der Waals surface area contributed by atoms with Gasteiger partial charge in [0.1, 0.15) is 5.76 Å². The van der Waals surface area contributed by atoms with Crippen LogP contribution in [-0.2, 0) is 6.42 Å². The fraction of sp³-hybridized carbons (Fsp3) is 0.429. The van der Waals surface area contributed by atoms with Gasteiger partial charge in [0.25, 0.3) is 0 Å². The summed E-state index contributed by atoms with van der Waals surface area (Å²) in [5.41, 5.74) is 2.61. The van der Waals surface area contributed by atoms with Crippen molar-refractivity contribution in [3.8, 4) is 0 Å². The predicted molar refractivity (Wildman–Crippen MR) is 72.7 cm³/mol. The first-order valence-corrected chi connectivity index (χ1v) is 6.98. The highest BCUT2D eigenvalue weighted by Gasteiger charge is 2.18. The van der Waals surface area contributed by atoms with Crippen LogP contribution in [0.4, 0.5) is 0 Å². The van der Waals surface area contributed by atoms with Gasteiger partial charge in [-0.05, 0) is 36.5 Å². The normalized spacial score (nSPS) is 12.9. The molecule has 0 aliphatic carbocycles. The summed E-state index contributed by atoms with van der Waals surface area (Å²) in [6.45, 7) is 7.36. The Kier molecular flexibility index (Phi) is 4.02. The molecule has 92 valence electrons. The van der Waals surface area contributed by atoms with Gasteiger partial charge in [0, 0.05) is 16.9 Å². The molecule has 17 heavy (non-hydrogen) atoms. The van der Waals surface area contributed by atoms with E-state index in [0.717, 1.165) is 18.7 Å². The van der Waals surface area contributed by atoms with Gasteiger partial charge in [0.05, 0.1) is 12.3 Å². The molecule has 2 aromatic rings. The van der Waals surface area contributed by atoms with Gasteiger partial charge < -0.3 is 9.73 Å². The standard InChI is InChI=1S/C14H19NOS/c1-4-13-12(6-7-16-13)14(15-5-2)11-8-10(3)17-9-11/h6-9,14-15H,4-5H2,1-3H3. The maximum Gasteiger partial charge on any atom is 0.108 e. The maximum absolute atomic E-state index is 5.53. The molecule has 0 fully saturated rings. The molecule has 0 saturated carbocycles. The lowest BCUT2D eigenvalue weighted by Gasteiger charge is -2.16. The summed E-state index contributed by atoms with van der Waals surface area (Å²) in [4.78, 5) is 1.35. The van der Waals surface area contributed by atoms with E-state index in [4.69, 9.17) is 4.42 Å². The first-order chi connectivity index (χ1) is 8.26. The molecular weight excluding hydrogens is 230 g/mol. The first-order valence-electron chi connectivity index (χ1n) is 6.11. The number of thiophene rings is 1. The molecule has 0 saturated heterocycles. The molecule has 0 bridgehead atoms. The smallest absolute Gasteiger partial charge is 0.108 e. The van der Waals surface area contributed by atoms with Gasteiger partial charge in [0.15, 0.2) is 0 Å². The molecule has 1 N–H and O–H groups in total. The van der Waals surface area contributed by atoms with Crippen LogP contribution in [0, 0.1) is 6.92 Å². The van der Waals surface area contributed by atoms with Gasteiger partial charge >= 0.3 is 0 Å². The molecule has 2 nitrogen and oxygen atoms in total. The third-order valence-corrected chi connectivity index (χ3v) is 3.78. The molecule has 1 unspecified atom stereocenters. The largest absolute Gasteiger partial charge is 0.469 e. The van der Waals surface area contributed by atoms with Gasteiger partial charge in [-0.25, -0.2) is 0 Å². The fourth-order valence-corrected chi connectivity index (χ4v) is 2.85. The first kappa shape index (κ1) is 12.4. The lowest BCUT2D eigenvalue weighted by atomic mass is 10.0. The molecule has 1 atom stereocenters. The van der Waals surface area contributed by atoms with Crippen molar-refractivity contribution in [2.24, 2.45) is 0 Å². The molecule has 2 aromatic heterocycles. The van der Waals surface area contributed by atoms with Crippen molar-refractivity contribution in [2.45, 2.75) is 33.2 Å². The van der Waals surface area contributed by atoms with Gasteiger partial charge in [-0.2, -0.15) is 0 Å². The highest BCUT2D eigenvalue weighted by molar-refractivity contribution is 7.10. The highest BCUT2D eigenvalue weighted by atomic mass is 32.1. The average molecular weight is 249 g/mol. The van der Waals surface area contributed by atoms with Crippen LogP contribution < -0.4 is 5.32 Å². The molecule has 3 heteroatoms. The summed E-state index contributed by atoms with van der Waals surface area (Å²) in [6.07, 6.45) is 2.73. The number of rotatable bonds is 5. The summed E-state index contributed by atoms with van der Waals surface area (Å²) in [7, 11) is 0. The van der Waals surface area contributed by atoms with Gasteiger partial charge in [-0.1, -0.05) is 13.8 Å². The van der Waals surface area contributed by atoms with Crippen LogP contribution in [-0.4, -0.2) is 6.54 Å². The van der Waals surface area contributed by atoms with E-state index in [9.17, 15) is 0 Å². The molecule has 2 rings (SSSR count). The van der Waals surface area contributed by atoms with E-state index < -0.39 is 0 Å². The summed E-state index contributed by atoms with van der Waals surface area (Å²) in [6, 6.07) is 4.60. The van der Waals surface area contributed by atoms with E-state index in [0.29, 0.717) is 0 Å². The molecule has 2 heterocycles. The Morgan fingerprint density at radius 3 is 2.82 bits per heavy atom. The summed E-state index contributed by atoms with van der Waals surface area (Å²) in [5.74, 6) is 1.08. The molecule has 0 aliphatic rings. The second-order valence-corrected chi connectivity index (χ2v) is 5.25. The van der Waals surface area contributed by atoms with E-state index in [2.05, 4.69) is 43.6 Å². The third kappa shape index (κ3) is 2.61. The molecule has 0 spiro atoms. The van der Waals surface area contributed by atoms with E-state index in [-0.39, 0.29) is 6.04 Å². The van der Waals surface area contributed by atoms with Crippen LogP contribution in [0.1, 0.15) is 41.7 Å². The Hall–Kier alpha value is -1.06. The number of nitrogens with one attached hydrogen (secondary N) is 1. The number of aryl methyl sites for hydroxylation is 2. The SMILES string of the molecule is CCNC(c1csc(C)c1)c1ccoc1CC. The highest BCUT2D eigenvalue weighted by Crippen LogP contribution is 2.29. The molecular formula is C14H19NOS. The summed E-state index contributed by atoms with van der Waals surface area (Å²) >= 11 is 1.80. The third-order valence-electron chi connectivity index (χ3n) is 2.90. The second-order valence-electron chi connectivity index (χ2n) is 4.13. The van der Waals surface area contributed by atoms with Crippen LogP contribution in [0.25, 0.3) is 0 Å². The molecule has 0 aromatic carbocycles. The van der Waals surface area contributed by atoms with E-state index in [1.54, 1.807) is 17.6 Å². The topological polar surface area (TPSA) is 25.2 Å². The average Bonchev–Trinajstić information content (AvgIpc) is 2.94. The fourth-order valence-electron chi connectivity index (χ4n) is 2.12. The van der Waals surface area contributed by atoms with Crippen molar-refractivity contribution >= 4 is 11.3 Å². The Bertz CT molecular complexity index is 472. The lowest BCUT2D eigenvalue weighted by Crippen LogP contribution is -2.22. The van der Waals surface area contributed by atoms with E-state index >= 15 is 0 Å². The Morgan fingerprint density at radius 2 is 2.24 bits per heavy atom. The van der Waals surface area contributed by atoms with Crippen LogP contribution in [0.15, 0.2) is 28.2 Å². The van der Waals surface area contributed by atoms with Crippen molar-refractivity contribution in [1.29, 1.82) is 0 Å². The predicted octanol–water partition coefficient (Wildman–Crippen LogP) is 3.91. The van der Waals surface area contributed by atoms with E-state index in [1.165, 1.54) is 16.0 Å². The van der Waals surface area contributed by atoms with Crippen LogP contribution in [0.2, 0.25) is 0 Å². The number of hydrogen-bond donors (Lipinski definition) is 1. The van der Waals surface area contributed by atoms with E-state index in [1.807, 2.05) is 0 Å². The lowest BCUT2D eigenvalue weighted by molar-refractivity contribution is 0.502. The van der Waals surface area contributed by atoms with Crippen LogP contribution in [0.5, 0.6) is 0 Å². The Balaban J connectivity index is 2.35. The van der Waals surface area contributed by atoms with Crippen molar-refractivity contribution in [3.05, 3.63) is 45.5 Å². The molecule has 0 amide bonds. The van der Waals surface area contributed by atoms with Crippen LogP contribution in [0.3, 0.4) is 0 Å². The number of hydrogen-bond acceptors (Lipinski definition) is 3. The maximum atomic E-state index is 5.53. The minimum atomic E-state index is 0.263. The monoisotopic (exact) mass is 249 g/mol. The summed E-state index contributed by atoms with van der Waals surface area (Å²) < 4.78 is 5.53. The molecule has 0 aliphatic heterocycles. The minimum Gasteiger partial charge on any atom is -0.469 e. The zero-order valence-electron chi connectivity index (χ0n) is 10.6. The quantitative estimate of drug-likeness (QED) is 0.869. The zero-order valence-corrected chi connectivity index (χ0v) is 11.4. The minimum absolute atomic E-state index is 0.263. The number of furan rings is 1. The van der Waals surface area contributed by atoms with Gasteiger partial charge in [-0.3, -0.25) is 0 Å². The van der Waals surface area contributed by atoms with Crippen molar-refractivity contribution < 1.29 is 4.42 Å². The van der Waals surface area contributed by atoms with Gasteiger partial charge in [-0.15, -0.1) is 11.3 Å².